The van der Waals surface area contributed by atoms with Crippen molar-refractivity contribution in [2.75, 3.05) is 5.32 Å². The Hall–Kier alpha value is -2.54. The van der Waals surface area contributed by atoms with Crippen LogP contribution in [-0.2, 0) is 0 Å². The third-order valence-electron chi connectivity index (χ3n) is 3.67. The van der Waals surface area contributed by atoms with E-state index in [4.69, 9.17) is 12.2 Å². The number of aryl methyl sites for hydroxylation is 1. The summed E-state index contributed by atoms with van der Waals surface area (Å²) in [5, 5.41) is 7.52. The first kappa shape index (κ1) is 18.8. The number of nitrogens with one attached hydrogen (secondary N) is 2. The third kappa shape index (κ3) is 5.22. The molecule has 0 amide bonds. The normalized spacial score (nSPS) is 11.4. The predicted octanol–water partition coefficient (Wildman–Crippen LogP) is 4.62. The number of hydrogen-bond acceptors (Lipinski definition) is 3. The fourth-order valence-corrected chi connectivity index (χ4v) is 2.35. The number of benzene rings is 2. The first-order chi connectivity index (χ1) is 11.9. The molecule has 2 rings (SSSR count). The Morgan fingerprint density at radius 1 is 1.12 bits per heavy atom. The second-order valence-corrected chi connectivity index (χ2v) is 5.79. The van der Waals surface area contributed by atoms with Gasteiger partial charge < -0.3 is 10.1 Å². The SMILES string of the molecule is C/C(=N/NC(=S)Nc1cccc(C)c1C)c1ccccc1OC(F)F. The van der Waals surface area contributed by atoms with Crippen molar-refractivity contribution in [2.45, 2.75) is 27.4 Å². The van der Waals surface area contributed by atoms with Gasteiger partial charge in [0.05, 0.1) is 5.71 Å². The van der Waals surface area contributed by atoms with Crippen molar-refractivity contribution in [3.05, 3.63) is 59.2 Å². The molecule has 0 aliphatic carbocycles. The van der Waals surface area contributed by atoms with E-state index in [0.717, 1.165) is 16.8 Å². The maximum absolute atomic E-state index is 12.5. The lowest BCUT2D eigenvalue weighted by Crippen LogP contribution is -2.25. The van der Waals surface area contributed by atoms with Crippen LogP contribution in [0.4, 0.5) is 14.5 Å². The molecular formula is C18H19F2N3OS. The van der Waals surface area contributed by atoms with E-state index in [1.54, 1.807) is 25.1 Å². The van der Waals surface area contributed by atoms with Gasteiger partial charge >= 0.3 is 6.61 Å². The van der Waals surface area contributed by atoms with Crippen molar-refractivity contribution < 1.29 is 13.5 Å². The topological polar surface area (TPSA) is 45.7 Å². The molecule has 25 heavy (non-hydrogen) atoms. The molecule has 7 heteroatoms. The highest BCUT2D eigenvalue weighted by atomic mass is 32.1. The zero-order valence-electron chi connectivity index (χ0n) is 14.1. The van der Waals surface area contributed by atoms with Gasteiger partial charge in [-0.25, -0.2) is 0 Å². The highest BCUT2D eigenvalue weighted by Crippen LogP contribution is 2.21. The molecule has 2 N–H and O–H groups in total. The average Bonchev–Trinajstić information content (AvgIpc) is 2.57. The van der Waals surface area contributed by atoms with Gasteiger partial charge in [-0.2, -0.15) is 13.9 Å². The highest BCUT2D eigenvalue weighted by Gasteiger charge is 2.11. The van der Waals surface area contributed by atoms with Crippen LogP contribution in [0.5, 0.6) is 5.75 Å². The number of hydrogen-bond donors (Lipinski definition) is 2. The summed E-state index contributed by atoms with van der Waals surface area (Å²) < 4.78 is 29.5. The summed E-state index contributed by atoms with van der Waals surface area (Å²) in [6.45, 7) is 2.79. The summed E-state index contributed by atoms with van der Waals surface area (Å²) in [4.78, 5) is 0. The monoisotopic (exact) mass is 363 g/mol. The summed E-state index contributed by atoms with van der Waals surface area (Å²) in [5.41, 5.74) is 6.77. The standard InChI is InChI=1S/C18H19F2N3OS/c1-11-7-6-9-15(12(11)2)21-18(25)23-22-13(3)14-8-4-5-10-16(14)24-17(19)20/h4-10,17H,1-3H3,(H2,21,23,25)/b22-13-. The number of thiocarbonyl (C=S) groups is 1. The van der Waals surface area contributed by atoms with Crippen LogP contribution in [0.25, 0.3) is 0 Å². The van der Waals surface area contributed by atoms with Crippen LogP contribution in [0.15, 0.2) is 47.6 Å². The van der Waals surface area contributed by atoms with Gasteiger partial charge in [-0.1, -0.05) is 24.3 Å². The van der Waals surface area contributed by atoms with Crippen molar-refractivity contribution in [1.29, 1.82) is 0 Å². The Labute approximate surface area is 150 Å². The summed E-state index contributed by atoms with van der Waals surface area (Å²) in [7, 11) is 0. The summed E-state index contributed by atoms with van der Waals surface area (Å²) >= 11 is 5.23. The van der Waals surface area contributed by atoms with E-state index in [1.807, 2.05) is 32.0 Å². The predicted molar refractivity (Wildman–Crippen MR) is 101 cm³/mol. The van der Waals surface area contributed by atoms with Crippen LogP contribution in [0, 0.1) is 13.8 Å². The van der Waals surface area contributed by atoms with Gasteiger partial charge in [0.15, 0.2) is 5.11 Å². The number of para-hydroxylation sites is 1. The smallest absolute Gasteiger partial charge is 0.387 e. The van der Waals surface area contributed by atoms with Gasteiger partial charge in [0.1, 0.15) is 5.75 Å². The molecule has 0 atom stereocenters. The molecular weight excluding hydrogens is 344 g/mol. The molecule has 0 aromatic heterocycles. The molecule has 0 heterocycles. The van der Waals surface area contributed by atoms with Crippen LogP contribution in [0.1, 0.15) is 23.6 Å². The van der Waals surface area contributed by atoms with E-state index in [9.17, 15) is 8.78 Å². The van der Waals surface area contributed by atoms with E-state index in [2.05, 4.69) is 20.6 Å². The van der Waals surface area contributed by atoms with Crippen molar-refractivity contribution in [3.8, 4) is 5.75 Å². The molecule has 132 valence electrons. The van der Waals surface area contributed by atoms with Crippen LogP contribution in [-0.4, -0.2) is 17.4 Å². The van der Waals surface area contributed by atoms with Crippen molar-refractivity contribution in [1.82, 2.24) is 5.43 Å². The number of ether oxygens (including phenoxy) is 1. The Morgan fingerprint density at radius 3 is 2.56 bits per heavy atom. The van der Waals surface area contributed by atoms with E-state index in [-0.39, 0.29) is 5.75 Å². The van der Waals surface area contributed by atoms with Crippen LogP contribution < -0.4 is 15.5 Å². The van der Waals surface area contributed by atoms with Crippen molar-refractivity contribution in [2.24, 2.45) is 5.10 Å². The van der Waals surface area contributed by atoms with Gasteiger partial charge in [-0.3, -0.25) is 5.43 Å². The quantitative estimate of drug-likeness (QED) is 0.462. The van der Waals surface area contributed by atoms with E-state index < -0.39 is 6.61 Å². The lowest BCUT2D eigenvalue weighted by atomic mass is 10.1. The Morgan fingerprint density at radius 2 is 1.84 bits per heavy atom. The molecule has 0 aliphatic heterocycles. The minimum absolute atomic E-state index is 0.0638. The fraction of sp³-hybridized carbons (Fsp3) is 0.222. The van der Waals surface area contributed by atoms with Gasteiger partial charge in [-0.05, 0) is 62.3 Å². The van der Waals surface area contributed by atoms with Gasteiger partial charge in [0, 0.05) is 11.3 Å². The molecule has 4 nitrogen and oxygen atoms in total. The minimum Gasteiger partial charge on any atom is -0.434 e. The number of nitrogens with zero attached hydrogens (tertiary/aromatic N) is 1. The first-order valence-corrected chi connectivity index (χ1v) is 8.01. The Kier molecular flexibility index (Phi) is 6.41. The molecule has 0 unspecified atom stereocenters. The lowest BCUT2D eigenvalue weighted by Gasteiger charge is -2.13. The highest BCUT2D eigenvalue weighted by molar-refractivity contribution is 7.80. The number of hydrazone groups is 1. The number of halogens is 2. The molecule has 2 aromatic carbocycles. The van der Waals surface area contributed by atoms with Crippen LogP contribution in [0.2, 0.25) is 0 Å². The molecule has 0 radical (unpaired) electrons. The van der Waals surface area contributed by atoms with Crippen molar-refractivity contribution >= 4 is 28.7 Å². The second-order valence-electron chi connectivity index (χ2n) is 5.39. The molecule has 0 aliphatic rings. The van der Waals surface area contributed by atoms with E-state index in [1.165, 1.54) is 6.07 Å². The zero-order chi connectivity index (χ0) is 18.4. The zero-order valence-corrected chi connectivity index (χ0v) is 15.0. The Bertz CT molecular complexity index is 794. The third-order valence-corrected chi connectivity index (χ3v) is 3.86. The van der Waals surface area contributed by atoms with E-state index in [0.29, 0.717) is 16.4 Å². The maximum Gasteiger partial charge on any atom is 0.387 e. The molecule has 0 saturated carbocycles. The van der Waals surface area contributed by atoms with Crippen molar-refractivity contribution in [3.63, 3.8) is 0 Å². The van der Waals surface area contributed by atoms with Crippen LogP contribution >= 0.6 is 12.2 Å². The maximum atomic E-state index is 12.5. The summed E-state index contributed by atoms with van der Waals surface area (Å²) in [6, 6.07) is 12.3. The second kappa shape index (κ2) is 8.53. The molecule has 0 bridgehead atoms. The fourth-order valence-electron chi connectivity index (χ4n) is 2.20. The lowest BCUT2D eigenvalue weighted by molar-refractivity contribution is -0.0499. The van der Waals surface area contributed by atoms with Gasteiger partial charge in [-0.15, -0.1) is 0 Å². The van der Waals surface area contributed by atoms with Crippen LogP contribution in [0.3, 0.4) is 0 Å². The van der Waals surface area contributed by atoms with E-state index >= 15 is 0 Å². The summed E-state index contributed by atoms with van der Waals surface area (Å²) in [6.07, 6.45) is 0. The largest absolute Gasteiger partial charge is 0.434 e. The molecule has 2 aromatic rings. The van der Waals surface area contributed by atoms with Gasteiger partial charge in [0.25, 0.3) is 0 Å². The average molecular weight is 363 g/mol. The minimum atomic E-state index is -2.89. The number of rotatable bonds is 5. The van der Waals surface area contributed by atoms with Gasteiger partial charge in [0.2, 0.25) is 0 Å². The first-order valence-electron chi connectivity index (χ1n) is 7.60. The molecule has 0 fully saturated rings. The number of alkyl halides is 2. The summed E-state index contributed by atoms with van der Waals surface area (Å²) in [5.74, 6) is 0.0638. The number of anilines is 1. The molecule has 0 saturated heterocycles. The molecule has 0 spiro atoms. The Balaban J connectivity index is 2.08.